The highest BCUT2D eigenvalue weighted by atomic mass is 32.2. The van der Waals surface area contributed by atoms with E-state index in [4.69, 9.17) is 5.73 Å². The molecule has 4 nitrogen and oxygen atoms in total. The van der Waals surface area contributed by atoms with E-state index in [-0.39, 0.29) is 6.04 Å². The van der Waals surface area contributed by atoms with Gasteiger partial charge >= 0.3 is 0 Å². The zero-order valence-corrected chi connectivity index (χ0v) is 12.2. The summed E-state index contributed by atoms with van der Waals surface area (Å²) in [5.74, 6) is 0.305. The third kappa shape index (κ3) is 2.47. The van der Waals surface area contributed by atoms with Gasteiger partial charge in [-0.15, -0.1) is 11.3 Å². The van der Waals surface area contributed by atoms with Crippen LogP contribution in [0.5, 0.6) is 0 Å². The minimum atomic E-state index is -3.34. The van der Waals surface area contributed by atoms with Crippen molar-refractivity contribution in [3.05, 3.63) is 17.5 Å². The molecular weight excluding hydrogens is 268 g/mol. The Kier molecular flexibility index (Phi) is 4.42. The lowest BCUT2D eigenvalue weighted by Gasteiger charge is -2.30. The maximum Gasteiger partial charge on any atom is 0.252 e. The van der Waals surface area contributed by atoms with E-state index in [0.29, 0.717) is 23.2 Å². The van der Waals surface area contributed by atoms with E-state index in [2.05, 4.69) is 0 Å². The summed E-state index contributed by atoms with van der Waals surface area (Å²) >= 11 is 1.28. The summed E-state index contributed by atoms with van der Waals surface area (Å²) in [6.45, 7) is 2.99. The van der Waals surface area contributed by atoms with Gasteiger partial charge in [0.05, 0.1) is 0 Å². The molecule has 102 valence electrons. The number of hydrogen-bond acceptors (Lipinski definition) is 4. The number of nitrogens with zero attached hydrogens (tertiary/aromatic N) is 1. The lowest BCUT2D eigenvalue weighted by atomic mass is 10.0. The van der Waals surface area contributed by atoms with E-state index < -0.39 is 10.0 Å². The summed E-state index contributed by atoms with van der Waals surface area (Å²) in [6.07, 6.45) is 3.04. The van der Waals surface area contributed by atoms with Crippen molar-refractivity contribution in [1.29, 1.82) is 0 Å². The maximum atomic E-state index is 12.6. The Morgan fingerprint density at radius 2 is 2.28 bits per heavy atom. The average Bonchev–Trinajstić information content (AvgIpc) is 3.00. The molecule has 1 aromatic rings. The molecule has 0 radical (unpaired) electrons. The van der Waals surface area contributed by atoms with Gasteiger partial charge in [-0.3, -0.25) is 0 Å². The first kappa shape index (κ1) is 14.0. The zero-order chi connectivity index (χ0) is 13.2. The van der Waals surface area contributed by atoms with Gasteiger partial charge in [-0.25, -0.2) is 8.42 Å². The summed E-state index contributed by atoms with van der Waals surface area (Å²) in [4.78, 5) is 0. The van der Waals surface area contributed by atoms with Crippen molar-refractivity contribution >= 4 is 21.4 Å². The van der Waals surface area contributed by atoms with Gasteiger partial charge in [0.15, 0.2) is 0 Å². The van der Waals surface area contributed by atoms with Crippen LogP contribution < -0.4 is 5.73 Å². The van der Waals surface area contributed by atoms with Crippen molar-refractivity contribution in [2.75, 3.05) is 13.1 Å². The Labute approximate surface area is 113 Å². The molecular formula is C12H20N2O2S2. The molecule has 1 aliphatic rings. The van der Waals surface area contributed by atoms with E-state index in [1.54, 1.807) is 21.8 Å². The Morgan fingerprint density at radius 1 is 1.50 bits per heavy atom. The second-order valence-corrected chi connectivity index (χ2v) is 7.70. The van der Waals surface area contributed by atoms with Gasteiger partial charge in [0.1, 0.15) is 4.21 Å². The predicted molar refractivity (Wildman–Crippen MR) is 74.1 cm³/mol. The van der Waals surface area contributed by atoms with Crippen LogP contribution in [0.1, 0.15) is 26.2 Å². The van der Waals surface area contributed by atoms with Gasteiger partial charge in [-0.05, 0) is 36.8 Å². The van der Waals surface area contributed by atoms with Crippen molar-refractivity contribution in [3.63, 3.8) is 0 Å². The molecule has 1 heterocycles. The molecule has 2 atom stereocenters. The van der Waals surface area contributed by atoms with E-state index in [1.807, 2.05) is 6.92 Å². The smallest absolute Gasteiger partial charge is 0.252 e. The number of thiophene rings is 1. The fourth-order valence-electron chi connectivity index (χ4n) is 2.78. The van der Waals surface area contributed by atoms with Gasteiger partial charge in [-0.2, -0.15) is 4.31 Å². The van der Waals surface area contributed by atoms with Crippen molar-refractivity contribution in [2.45, 2.75) is 36.4 Å². The molecule has 1 saturated carbocycles. The monoisotopic (exact) mass is 288 g/mol. The molecule has 0 amide bonds. The summed E-state index contributed by atoms with van der Waals surface area (Å²) in [5.41, 5.74) is 5.76. The summed E-state index contributed by atoms with van der Waals surface area (Å²) in [6, 6.07) is 3.53. The first-order valence-corrected chi connectivity index (χ1v) is 8.68. The van der Waals surface area contributed by atoms with Gasteiger partial charge < -0.3 is 5.73 Å². The van der Waals surface area contributed by atoms with Gasteiger partial charge in [-0.1, -0.05) is 19.4 Å². The quantitative estimate of drug-likeness (QED) is 0.900. The number of sulfonamides is 1. The lowest BCUT2D eigenvalue weighted by Crippen LogP contribution is -2.43. The largest absolute Gasteiger partial charge is 0.330 e. The molecule has 1 aromatic heterocycles. The molecule has 1 aliphatic carbocycles. The normalized spacial score (nSPS) is 24.8. The maximum absolute atomic E-state index is 12.6. The molecule has 0 spiro atoms. The lowest BCUT2D eigenvalue weighted by molar-refractivity contribution is 0.276. The van der Waals surface area contributed by atoms with E-state index in [1.165, 1.54) is 11.3 Å². The molecule has 6 heteroatoms. The Morgan fingerprint density at radius 3 is 2.83 bits per heavy atom. The first-order valence-electron chi connectivity index (χ1n) is 6.36. The fraction of sp³-hybridized carbons (Fsp3) is 0.667. The van der Waals surface area contributed by atoms with Gasteiger partial charge in [0.25, 0.3) is 10.0 Å². The fourth-order valence-corrected chi connectivity index (χ4v) is 5.62. The highest BCUT2D eigenvalue weighted by molar-refractivity contribution is 7.91. The van der Waals surface area contributed by atoms with E-state index >= 15 is 0 Å². The summed E-state index contributed by atoms with van der Waals surface area (Å²) in [5, 5.41) is 1.80. The molecule has 2 rings (SSSR count). The predicted octanol–water partition coefficient (Wildman–Crippen LogP) is 1.89. The van der Waals surface area contributed by atoms with Crippen molar-refractivity contribution in [1.82, 2.24) is 4.31 Å². The molecule has 0 bridgehead atoms. The van der Waals surface area contributed by atoms with E-state index in [9.17, 15) is 8.42 Å². The van der Waals surface area contributed by atoms with Crippen LogP contribution in [0.3, 0.4) is 0 Å². The molecule has 2 N–H and O–H groups in total. The van der Waals surface area contributed by atoms with E-state index in [0.717, 1.165) is 19.3 Å². The molecule has 0 aromatic carbocycles. The van der Waals surface area contributed by atoms with Crippen molar-refractivity contribution < 1.29 is 8.42 Å². The SMILES string of the molecule is CCN(C1CCCC1CN)S(=O)(=O)c1cccs1. The standard InChI is InChI=1S/C12H20N2O2S2/c1-2-14(11-6-3-5-10(11)9-13)18(15,16)12-7-4-8-17-12/h4,7-8,10-11H,2-3,5-6,9,13H2,1H3. The molecule has 0 aliphatic heterocycles. The van der Waals surface area contributed by atoms with Crippen molar-refractivity contribution in [2.24, 2.45) is 11.7 Å². The molecule has 18 heavy (non-hydrogen) atoms. The highest BCUT2D eigenvalue weighted by Crippen LogP contribution is 2.33. The summed E-state index contributed by atoms with van der Waals surface area (Å²) < 4.78 is 27.2. The molecule has 0 saturated heterocycles. The van der Waals surface area contributed by atoms with Crippen molar-refractivity contribution in [3.8, 4) is 0 Å². The highest BCUT2D eigenvalue weighted by Gasteiger charge is 2.37. The minimum Gasteiger partial charge on any atom is -0.330 e. The van der Waals surface area contributed by atoms with Crippen LogP contribution in [0.4, 0.5) is 0 Å². The molecule has 2 unspecified atom stereocenters. The number of rotatable bonds is 5. The van der Waals surface area contributed by atoms with Gasteiger partial charge in [0.2, 0.25) is 0 Å². The Hall–Kier alpha value is -0.430. The van der Waals surface area contributed by atoms with Crippen LogP contribution in [0.15, 0.2) is 21.7 Å². The Bertz CT molecular complexity index is 470. The van der Waals surface area contributed by atoms with Gasteiger partial charge in [0, 0.05) is 12.6 Å². The second-order valence-electron chi connectivity index (χ2n) is 4.63. The minimum absolute atomic E-state index is 0.0760. The average molecular weight is 288 g/mol. The van der Waals surface area contributed by atoms with Crippen LogP contribution in [-0.2, 0) is 10.0 Å². The first-order chi connectivity index (χ1) is 8.61. The zero-order valence-electron chi connectivity index (χ0n) is 10.6. The van der Waals surface area contributed by atoms with Crippen LogP contribution in [0.2, 0.25) is 0 Å². The number of hydrogen-bond donors (Lipinski definition) is 1. The third-order valence-corrected chi connectivity index (χ3v) is 7.03. The Balaban J connectivity index is 2.29. The van der Waals surface area contributed by atoms with Crippen LogP contribution >= 0.6 is 11.3 Å². The van der Waals surface area contributed by atoms with Crippen LogP contribution in [-0.4, -0.2) is 31.9 Å². The number of nitrogens with two attached hydrogens (primary N) is 1. The van der Waals surface area contributed by atoms with Crippen LogP contribution in [0, 0.1) is 5.92 Å². The third-order valence-electron chi connectivity index (χ3n) is 3.66. The second kappa shape index (κ2) is 5.69. The molecule has 1 fully saturated rings. The van der Waals surface area contributed by atoms with Crippen LogP contribution in [0.25, 0.3) is 0 Å². The topological polar surface area (TPSA) is 63.4 Å². The summed E-state index contributed by atoms with van der Waals surface area (Å²) in [7, 11) is -3.34.